The normalized spacial score (nSPS) is 10.9. The Balaban J connectivity index is 1.64. The largest absolute Gasteiger partial charge is 0.487 e. The zero-order valence-electron chi connectivity index (χ0n) is 14.0. The fourth-order valence-corrected chi connectivity index (χ4v) is 2.43. The van der Waals surface area contributed by atoms with Crippen molar-refractivity contribution in [3.63, 3.8) is 0 Å². The second-order valence-corrected chi connectivity index (χ2v) is 5.54. The van der Waals surface area contributed by atoms with Crippen LogP contribution >= 0.6 is 0 Å². The van der Waals surface area contributed by atoms with Crippen molar-refractivity contribution >= 4 is 22.9 Å². The molecule has 3 rings (SSSR count). The standard InChI is InChI=1S/C21H19NO3/c1-24-21(23)11-5-7-16-6-4-9-19(14-16)25-15-18-13-12-17-8-2-3-10-20(17)22-18/h2-10,12-14H,11,15H2,1H3/b7-5+. The Hall–Kier alpha value is -3.14. The van der Waals surface area contributed by atoms with Gasteiger partial charge in [0.2, 0.25) is 0 Å². The van der Waals surface area contributed by atoms with Crippen LogP contribution in [0.15, 0.2) is 66.7 Å². The number of aromatic nitrogens is 1. The number of ether oxygens (including phenoxy) is 2. The number of pyridine rings is 1. The first-order valence-electron chi connectivity index (χ1n) is 8.05. The second kappa shape index (κ2) is 8.11. The van der Waals surface area contributed by atoms with Gasteiger partial charge < -0.3 is 9.47 Å². The highest BCUT2D eigenvalue weighted by Crippen LogP contribution is 2.17. The van der Waals surface area contributed by atoms with E-state index in [0.29, 0.717) is 6.61 Å². The lowest BCUT2D eigenvalue weighted by atomic mass is 10.2. The van der Waals surface area contributed by atoms with Crippen molar-refractivity contribution < 1.29 is 14.3 Å². The molecule has 1 aromatic heterocycles. The number of para-hydroxylation sites is 1. The Kier molecular flexibility index (Phi) is 5.42. The molecule has 0 aliphatic heterocycles. The smallest absolute Gasteiger partial charge is 0.309 e. The molecule has 4 nitrogen and oxygen atoms in total. The highest BCUT2D eigenvalue weighted by atomic mass is 16.5. The van der Waals surface area contributed by atoms with Crippen LogP contribution in [-0.2, 0) is 16.1 Å². The van der Waals surface area contributed by atoms with Gasteiger partial charge in [-0.25, -0.2) is 4.98 Å². The molecule has 0 saturated carbocycles. The third-order valence-corrected chi connectivity index (χ3v) is 3.72. The molecule has 0 aliphatic rings. The topological polar surface area (TPSA) is 48.4 Å². The zero-order chi connectivity index (χ0) is 17.5. The number of methoxy groups -OCH3 is 1. The van der Waals surface area contributed by atoms with Crippen LogP contribution in [0.25, 0.3) is 17.0 Å². The van der Waals surface area contributed by atoms with Crippen molar-refractivity contribution in [3.05, 3.63) is 78.0 Å². The van der Waals surface area contributed by atoms with Crippen LogP contribution in [0.1, 0.15) is 17.7 Å². The van der Waals surface area contributed by atoms with Crippen LogP contribution in [0.3, 0.4) is 0 Å². The van der Waals surface area contributed by atoms with Crippen molar-refractivity contribution in [3.8, 4) is 5.75 Å². The number of benzene rings is 2. The fraction of sp³-hybridized carbons (Fsp3) is 0.143. The maximum atomic E-state index is 11.1. The molecule has 0 saturated heterocycles. The molecule has 4 heteroatoms. The van der Waals surface area contributed by atoms with E-state index in [4.69, 9.17) is 4.74 Å². The predicted molar refractivity (Wildman–Crippen MR) is 98.2 cm³/mol. The Morgan fingerprint density at radius 2 is 1.96 bits per heavy atom. The molecule has 2 aromatic carbocycles. The molecule has 0 N–H and O–H groups in total. The highest BCUT2D eigenvalue weighted by Gasteiger charge is 2.01. The Morgan fingerprint density at radius 3 is 2.84 bits per heavy atom. The molecular formula is C21H19NO3. The third-order valence-electron chi connectivity index (χ3n) is 3.72. The van der Waals surface area contributed by atoms with Gasteiger partial charge in [-0.2, -0.15) is 0 Å². The molecule has 0 bridgehead atoms. The molecule has 0 fully saturated rings. The quantitative estimate of drug-likeness (QED) is 0.628. The summed E-state index contributed by atoms with van der Waals surface area (Å²) >= 11 is 0. The van der Waals surface area contributed by atoms with Crippen molar-refractivity contribution in [1.82, 2.24) is 4.98 Å². The summed E-state index contributed by atoms with van der Waals surface area (Å²) in [5, 5.41) is 1.11. The maximum Gasteiger partial charge on any atom is 0.309 e. The van der Waals surface area contributed by atoms with Crippen LogP contribution in [0.2, 0.25) is 0 Å². The number of hydrogen-bond donors (Lipinski definition) is 0. The summed E-state index contributed by atoms with van der Waals surface area (Å²) in [4.78, 5) is 15.7. The molecule has 0 unspecified atom stereocenters. The lowest BCUT2D eigenvalue weighted by Gasteiger charge is -2.07. The second-order valence-electron chi connectivity index (χ2n) is 5.54. The van der Waals surface area contributed by atoms with E-state index >= 15 is 0 Å². The first kappa shape index (κ1) is 16.7. The summed E-state index contributed by atoms with van der Waals surface area (Å²) in [6, 6.07) is 19.7. The number of esters is 1. The minimum Gasteiger partial charge on any atom is -0.487 e. The minimum atomic E-state index is -0.258. The Morgan fingerprint density at radius 1 is 1.08 bits per heavy atom. The third kappa shape index (κ3) is 4.67. The molecular weight excluding hydrogens is 314 g/mol. The fourth-order valence-electron chi connectivity index (χ4n) is 2.43. The van der Waals surface area contributed by atoms with E-state index in [1.54, 1.807) is 6.08 Å². The van der Waals surface area contributed by atoms with Gasteiger partial charge in [0.25, 0.3) is 0 Å². The van der Waals surface area contributed by atoms with Crippen LogP contribution in [0.4, 0.5) is 0 Å². The summed E-state index contributed by atoms with van der Waals surface area (Å²) in [5.74, 6) is 0.501. The Bertz CT molecular complexity index is 902. The van der Waals surface area contributed by atoms with Gasteiger partial charge in [-0.1, -0.05) is 48.6 Å². The van der Waals surface area contributed by atoms with Crippen molar-refractivity contribution in [2.45, 2.75) is 13.0 Å². The van der Waals surface area contributed by atoms with Gasteiger partial charge in [0.05, 0.1) is 24.7 Å². The molecule has 0 atom stereocenters. The molecule has 1 heterocycles. The first-order chi connectivity index (χ1) is 12.2. The Labute approximate surface area is 146 Å². The summed E-state index contributed by atoms with van der Waals surface area (Å²) < 4.78 is 10.5. The van der Waals surface area contributed by atoms with Crippen LogP contribution in [-0.4, -0.2) is 18.1 Å². The molecule has 126 valence electrons. The molecule has 0 radical (unpaired) electrons. The van der Waals surface area contributed by atoms with Gasteiger partial charge in [0, 0.05) is 5.39 Å². The highest BCUT2D eigenvalue weighted by molar-refractivity contribution is 5.78. The van der Waals surface area contributed by atoms with Gasteiger partial charge in [-0.3, -0.25) is 4.79 Å². The van der Waals surface area contributed by atoms with E-state index < -0.39 is 0 Å². The van der Waals surface area contributed by atoms with E-state index in [-0.39, 0.29) is 12.4 Å². The van der Waals surface area contributed by atoms with Gasteiger partial charge >= 0.3 is 5.97 Å². The molecule has 0 spiro atoms. The first-order valence-corrected chi connectivity index (χ1v) is 8.05. The van der Waals surface area contributed by atoms with E-state index in [9.17, 15) is 4.79 Å². The summed E-state index contributed by atoms with van der Waals surface area (Å²) in [6.07, 6.45) is 3.90. The number of fused-ring (bicyclic) bond motifs is 1. The predicted octanol–water partition coefficient (Wildman–Crippen LogP) is 4.39. The van der Waals surface area contributed by atoms with E-state index in [1.165, 1.54) is 7.11 Å². The minimum absolute atomic E-state index is 0.253. The molecule has 25 heavy (non-hydrogen) atoms. The van der Waals surface area contributed by atoms with E-state index in [2.05, 4.69) is 9.72 Å². The maximum absolute atomic E-state index is 11.1. The van der Waals surface area contributed by atoms with Crippen molar-refractivity contribution in [2.75, 3.05) is 7.11 Å². The van der Waals surface area contributed by atoms with Gasteiger partial charge in [-0.05, 0) is 29.8 Å². The molecule has 0 amide bonds. The lowest BCUT2D eigenvalue weighted by molar-refractivity contribution is -0.139. The van der Waals surface area contributed by atoms with Crippen LogP contribution in [0.5, 0.6) is 5.75 Å². The summed E-state index contributed by atoms with van der Waals surface area (Å²) in [5.41, 5.74) is 2.81. The van der Waals surface area contributed by atoms with Gasteiger partial charge in [0.1, 0.15) is 12.4 Å². The van der Waals surface area contributed by atoms with Crippen molar-refractivity contribution in [2.24, 2.45) is 0 Å². The monoisotopic (exact) mass is 333 g/mol. The number of carbonyl (C=O) groups is 1. The lowest BCUT2D eigenvalue weighted by Crippen LogP contribution is -1.98. The van der Waals surface area contributed by atoms with Crippen LogP contribution < -0.4 is 4.74 Å². The number of hydrogen-bond acceptors (Lipinski definition) is 4. The SMILES string of the molecule is COC(=O)C/C=C/c1cccc(OCc2ccc3ccccc3n2)c1. The van der Waals surface area contributed by atoms with Gasteiger partial charge in [-0.15, -0.1) is 0 Å². The van der Waals surface area contributed by atoms with Crippen molar-refractivity contribution in [1.29, 1.82) is 0 Å². The van der Waals surface area contributed by atoms with Crippen LogP contribution in [0, 0.1) is 0 Å². The summed E-state index contributed by atoms with van der Waals surface area (Å²) in [7, 11) is 1.38. The number of rotatable bonds is 6. The average Bonchev–Trinajstić information content (AvgIpc) is 2.66. The molecule has 3 aromatic rings. The summed E-state index contributed by atoms with van der Waals surface area (Å²) in [6.45, 7) is 0.403. The number of carbonyl (C=O) groups excluding carboxylic acids is 1. The average molecular weight is 333 g/mol. The molecule has 0 aliphatic carbocycles. The zero-order valence-corrected chi connectivity index (χ0v) is 14.0. The van der Waals surface area contributed by atoms with Gasteiger partial charge in [0.15, 0.2) is 0 Å². The van der Waals surface area contributed by atoms with E-state index in [0.717, 1.165) is 27.9 Å². The van der Waals surface area contributed by atoms with E-state index in [1.807, 2.05) is 66.7 Å². The number of nitrogens with zero attached hydrogens (tertiary/aromatic N) is 1.